The molecule has 19 heavy (non-hydrogen) atoms. The molecule has 2 N–H and O–H groups in total. The van der Waals surface area contributed by atoms with Gasteiger partial charge in [0.25, 0.3) is 0 Å². The van der Waals surface area contributed by atoms with Crippen molar-refractivity contribution >= 4 is 11.9 Å². The molecule has 2 heterocycles. The summed E-state index contributed by atoms with van der Waals surface area (Å²) in [5, 5.41) is 0. The van der Waals surface area contributed by atoms with Crippen LogP contribution < -0.4 is 15.4 Å². The highest BCUT2D eigenvalue weighted by Gasteiger charge is 2.33. The van der Waals surface area contributed by atoms with Crippen molar-refractivity contribution in [3.63, 3.8) is 0 Å². The van der Waals surface area contributed by atoms with Gasteiger partial charge in [-0.2, -0.15) is 15.0 Å². The topological polar surface area (TPSA) is 86.4 Å². The van der Waals surface area contributed by atoms with Gasteiger partial charge in [0.15, 0.2) is 0 Å². The maximum absolute atomic E-state index is 5.73. The highest BCUT2D eigenvalue weighted by molar-refractivity contribution is 5.39. The summed E-state index contributed by atoms with van der Waals surface area (Å²) in [6, 6.07) is 0.284. The Kier molecular flexibility index (Phi) is 4.04. The quantitative estimate of drug-likeness (QED) is 0.865. The van der Waals surface area contributed by atoms with Crippen LogP contribution in [0.3, 0.4) is 0 Å². The minimum absolute atomic E-state index is 0.173. The maximum atomic E-state index is 5.73. The number of aromatic nitrogens is 3. The van der Waals surface area contributed by atoms with E-state index in [1.807, 2.05) is 6.92 Å². The van der Waals surface area contributed by atoms with Crippen LogP contribution in [0.25, 0.3) is 0 Å². The van der Waals surface area contributed by atoms with Gasteiger partial charge in [-0.15, -0.1) is 0 Å². The molecule has 7 nitrogen and oxygen atoms in total. The molecule has 0 saturated carbocycles. The van der Waals surface area contributed by atoms with E-state index in [2.05, 4.69) is 33.7 Å². The summed E-state index contributed by atoms with van der Waals surface area (Å²) >= 11 is 0. The smallest absolute Gasteiger partial charge is 0.323 e. The number of nitrogen functional groups attached to an aromatic ring is 1. The monoisotopic (exact) mass is 267 g/mol. The lowest BCUT2D eigenvalue weighted by atomic mass is 10.0. The van der Waals surface area contributed by atoms with Crippen molar-refractivity contribution in [3.8, 4) is 6.01 Å². The zero-order chi connectivity index (χ0) is 13.9. The van der Waals surface area contributed by atoms with Crippen LogP contribution in [0.5, 0.6) is 6.01 Å². The minimum atomic E-state index is -0.173. The SMILES string of the molecule is CCCOc1nc(N)nc(N2CCOCC2(C)C)n1. The number of ether oxygens (including phenoxy) is 2. The summed E-state index contributed by atoms with van der Waals surface area (Å²) in [5.41, 5.74) is 5.55. The maximum Gasteiger partial charge on any atom is 0.323 e. The van der Waals surface area contributed by atoms with Crippen molar-refractivity contribution in [2.45, 2.75) is 32.7 Å². The van der Waals surface area contributed by atoms with Crippen molar-refractivity contribution in [3.05, 3.63) is 0 Å². The molecule has 1 aliphatic heterocycles. The van der Waals surface area contributed by atoms with Crippen LogP contribution in [-0.4, -0.2) is 46.9 Å². The van der Waals surface area contributed by atoms with Crippen molar-refractivity contribution in [2.24, 2.45) is 0 Å². The predicted octanol–water partition coefficient (Wildman–Crippen LogP) is 0.858. The van der Waals surface area contributed by atoms with Crippen LogP contribution in [0.4, 0.5) is 11.9 Å². The first-order valence-corrected chi connectivity index (χ1v) is 6.52. The van der Waals surface area contributed by atoms with E-state index in [-0.39, 0.29) is 17.5 Å². The zero-order valence-corrected chi connectivity index (χ0v) is 11.7. The van der Waals surface area contributed by atoms with E-state index < -0.39 is 0 Å². The zero-order valence-electron chi connectivity index (χ0n) is 11.7. The molecule has 0 spiro atoms. The van der Waals surface area contributed by atoms with Crippen LogP contribution in [0.1, 0.15) is 27.2 Å². The van der Waals surface area contributed by atoms with Gasteiger partial charge in [0, 0.05) is 6.54 Å². The largest absolute Gasteiger partial charge is 0.463 e. The summed E-state index contributed by atoms with van der Waals surface area (Å²) in [6.45, 7) is 8.76. The Morgan fingerprint density at radius 2 is 2.16 bits per heavy atom. The van der Waals surface area contributed by atoms with E-state index in [4.69, 9.17) is 15.2 Å². The summed E-state index contributed by atoms with van der Waals surface area (Å²) in [6.07, 6.45) is 0.893. The Labute approximate surface area is 113 Å². The lowest BCUT2D eigenvalue weighted by Crippen LogP contribution is -2.54. The molecule has 1 aromatic rings. The van der Waals surface area contributed by atoms with Gasteiger partial charge >= 0.3 is 6.01 Å². The number of nitrogens with zero attached hydrogens (tertiary/aromatic N) is 4. The molecule has 7 heteroatoms. The van der Waals surface area contributed by atoms with Crippen molar-refractivity contribution in [1.82, 2.24) is 15.0 Å². The first-order valence-electron chi connectivity index (χ1n) is 6.52. The average molecular weight is 267 g/mol. The molecule has 1 aromatic heterocycles. The van der Waals surface area contributed by atoms with Gasteiger partial charge < -0.3 is 20.1 Å². The molecule has 0 aliphatic carbocycles. The van der Waals surface area contributed by atoms with Gasteiger partial charge in [0.05, 0.1) is 25.4 Å². The number of nitrogens with two attached hydrogens (primary N) is 1. The third-order valence-corrected chi connectivity index (χ3v) is 2.94. The van der Waals surface area contributed by atoms with Crippen molar-refractivity contribution in [1.29, 1.82) is 0 Å². The van der Waals surface area contributed by atoms with E-state index in [0.717, 1.165) is 13.0 Å². The van der Waals surface area contributed by atoms with Gasteiger partial charge in [-0.05, 0) is 20.3 Å². The number of morpholine rings is 1. The fourth-order valence-electron chi connectivity index (χ4n) is 1.97. The van der Waals surface area contributed by atoms with Crippen LogP contribution in [-0.2, 0) is 4.74 Å². The molecule has 0 amide bonds. The van der Waals surface area contributed by atoms with Crippen LogP contribution >= 0.6 is 0 Å². The molecule has 0 unspecified atom stereocenters. The Bertz CT molecular complexity index is 438. The lowest BCUT2D eigenvalue weighted by molar-refractivity contribution is 0.0632. The first kappa shape index (κ1) is 13.8. The number of hydrogen-bond acceptors (Lipinski definition) is 7. The molecule has 1 aliphatic rings. The normalized spacial score (nSPS) is 18.4. The van der Waals surface area contributed by atoms with E-state index in [0.29, 0.717) is 25.8 Å². The summed E-state index contributed by atoms with van der Waals surface area (Å²) in [7, 11) is 0. The number of hydrogen-bond donors (Lipinski definition) is 1. The molecule has 0 bridgehead atoms. The highest BCUT2D eigenvalue weighted by atomic mass is 16.5. The lowest BCUT2D eigenvalue weighted by Gasteiger charge is -2.41. The second-order valence-electron chi connectivity index (χ2n) is 5.14. The standard InChI is InChI=1S/C12H21N5O2/c1-4-6-19-11-15-9(13)14-10(16-11)17-5-7-18-8-12(17,2)3/h4-8H2,1-3H3,(H2,13,14,15,16). The Morgan fingerprint density at radius 3 is 2.84 bits per heavy atom. The Hall–Kier alpha value is -1.63. The predicted molar refractivity (Wildman–Crippen MR) is 72.3 cm³/mol. The fourth-order valence-corrected chi connectivity index (χ4v) is 1.97. The van der Waals surface area contributed by atoms with Gasteiger partial charge in [-0.25, -0.2) is 0 Å². The summed E-state index contributed by atoms with van der Waals surface area (Å²) in [4.78, 5) is 14.6. The Balaban J connectivity index is 2.25. The first-order chi connectivity index (χ1) is 9.03. The molecule has 1 fully saturated rings. The van der Waals surface area contributed by atoms with Crippen LogP contribution in [0.2, 0.25) is 0 Å². The van der Waals surface area contributed by atoms with E-state index in [1.165, 1.54) is 0 Å². The summed E-state index contributed by atoms with van der Waals surface area (Å²) < 4.78 is 10.9. The number of rotatable bonds is 4. The van der Waals surface area contributed by atoms with Gasteiger partial charge in [0.2, 0.25) is 11.9 Å². The third kappa shape index (κ3) is 3.23. The minimum Gasteiger partial charge on any atom is -0.463 e. The highest BCUT2D eigenvalue weighted by Crippen LogP contribution is 2.25. The fraction of sp³-hybridized carbons (Fsp3) is 0.750. The van der Waals surface area contributed by atoms with Gasteiger partial charge in [-0.3, -0.25) is 0 Å². The van der Waals surface area contributed by atoms with E-state index >= 15 is 0 Å². The van der Waals surface area contributed by atoms with E-state index in [1.54, 1.807) is 0 Å². The van der Waals surface area contributed by atoms with Gasteiger partial charge in [-0.1, -0.05) is 6.92 Å². The number of anilines is 2. The molecule has 0 atom stereocenters. The van der Waals surface area contributed by atoms with Crippen LogP contribution in [0.15, 0.2) is 0 Å². The average Bonchev–Trinajstić information content (AvgIpc) is 2.35. The summed E-state index contributed by atoms with van der Waals surface area (Å²) in [5.74, 6) is 0.727. The molecule has 1 saturated heterocycles. The van der Waals surface area contributed by atoms with E-state index in [9.17, 15) is 0 Å². The van der Waals surface area contributed by atoms with Gasteiger partial charge in [0.1, 0.15) is 0 Å². The molecule has 2 rings (SSSR count). The second-order valence-corrected chi connectivity index (χ2v) is 5.14. The van der Waals surface area contributed by atoms with Crippen LogP contribution in [0, 0.1) is 0 Å². The third-order valence-electron chi connectivity index (χ3n) is 2.94. The van der Waals surface area contributed by atoms with Crippen molar-refractivity contribution in [2.75, 3.05) is 37.0 Å². The molecule has 106 valence electrons. The van der Waals surface area contributed by atoms with Crippen molar-refractivity contribution < 1.29 is 9.47 Å². The molecule has 0 aromatic carbocycles. The molecular formula is C12H21N5O2. The second kappa shape index (κ2) is 5.56. The Morgan fingerprint density at radius 1 is 1.37 bits per heavy atom. The molecule has 0 radical (unpaired) electrons. The molecular weight excluding hydrogens is 246 g/mol.